The topological polar surface area (TPSA) is 46.2 Å². The molecule has 0 bridgehead atoms. The van der Waals surface area contributed by atoms with Crippen LogP contribution in [0, 0.1) is 0 Å². The fraction of sp³-hybridized carbons (Fsp3) is 1.00. The molecule has 1 aliphatic heterocycles. The normalized spacial score (nSPS) is 24.5. The summed E-state index contributed by atoms with van der Waals surface area (Å²) in [7, 11) is -10.5. The van der Waals surface area contributed by atoms with Crippen LogP contribution in [0.15, 0.2) is 0 Å². The Kier molecular flexibility index (Phi) is 9.24. The second-order valence-electron chi connectivity index (χ2n) is 8.93. The Morgan fingerprint density at radius 1 is 0.710 bits per heavy atom. The van der Waals surface area contributed by atoms with Crippen molar-refractivity contribution in [2.45, 2.75) is 82.7 Å². The Labute approximate surface area is 182 Å². The number of hydrogen-bond acceptors (Lipinski definition) is 5. The van der Waals surface area contributed by atoms with E-state index in [1.807, 2.05) is 39.3 Å². The molecule has 31 heavy (non-hydrogen) atoms. The minimum absolute atomic E-state index is 0.196. The van der Waals surface area contributed by atoms with E-state index in [9.17, 15) is 30.7 Å². The molecule has 0 aromatic rings. The summed E-state index contributed by atoms with van der Waals surface area (Å²) in [5, 5.41) is 0. The number of ether oxygens (including phenoxy) is 1. The standard InChI is InChI=1S/C15H31F7O5Si4/c1-28(2)24-29(3,4)26-31(7,27-30(5,6)25-28)10-8-9-23-11-12(16)14(19,20)15(21,22)13(17)18/h12-13H,8-11H2,1-7H3. The molecule has 0 amide bonds. The van der Waals surface area contributed by atoms with Gasteiger partial charge in [-0.1, -0.05) is 0 Å². The van der Waals surface area contributed by atoms with Gasteiger partial charge in [-0.3, -0.25) is 0 Å². The van der Waals surface area contributed by atoms with Crippen molar-refractivity contribution in [3.63, 3.8) is 0 Å². The van der Waals surface area contributed by atoms with E-state index in [0.29, 0.717) is 6.04 Å². The molecule has 1 aliphatic rings. The molecule has 5 nitrogen and oxygen atoms in total. The highest BCUT2D eigenvalue weighted by molar-refractivity contribution is 6.93. The first-order chi connectivity index (χ1) is 13.6. The summed E-state index contributed by atoms with van der Waals surface area (Å²) in [6.45, 7) is 11.3. The predicted molar refractivity (Wildman–Crippen MR) is 109 cm³/mol. The molecule has 16 heteroatoms. The highest BCUT2D eigenvalue weighted by atomic mass is 28.5. The van der Waals surface area contributed by atoms with Gasteiger partial charge in [0.2, 0.25) is 0 Å². The second-order valence-corrected chi connectivity index (χ2v) is 23.4. The Morgan fingerprint density at radius 3 is 1.55 bits per heavy atom. The van der Waals surface area contributed by atoms with Crippen molar-refractivity contribution in [3.8, 4) is 0 Å². The van der Waals surface area contributed by atoms with Crippen molar-refractivity contribution < 1.29 is 51.9 Å². The maximum absolute atomic E-state index is 13.5. The Morgan fingerprint density at radius 2 is 1.13 bits per heavy atom. The van der Waals surface area contributed by atoms with Gasteiger partial charge in [0.15, 0.2) is 6.17 Å². The summed E-state index contributed by atoms with van der Waals surface area (Å²) < 4.78 is 120. The van der Waals surface area contributed by atoms with Gasteiger partial charge < -0.3 is 21.2 Å². The summed E-state index contributed by atoms with van der Waals surface area (Å²) in [6, 6.07) is 0.328. The van der Waals surface area contributed by atoms with Gasteiger partial charge in [0.05, 0.1) is 6.61 Å². The molecule has 1 heterocycles. The molecular formula is C15H31F7O5Si4. The van der Waals surface area contributed by atoms with Gasteiger partial charge >= 0.3 is 52.5 Å². The average Bonchev–Trinajstić information content (AvgIpc) is 2.48. The molecule has 1 atom stereocenters. The molecule has 0 spiro atoms. The van der Waals surface area contributed by atoms with Gasteiger partial charge in [-0.25, -0.2) is 13.2 Å². The van der Waals surface area contributed by atoms with E-state index in [4.69, 9.17) is 21.2 Å². The molecule has 0 aromatic heterocycles. The minimum Gasteiger partial charge on any atom is -0.416 e. The van der Waals surface area contributed by atoms with Gasteiger partial charge in [0, 0.05) is 6.61 Å². The SMILES string of the molecule is C[Si]1(C)O[Si](C)(C)O[Si](C)(CCCOCC(F)C(F)(F)C(F)(F)C(F)F)O[Si](C)(C)O1. The van der Waals surface area contributed by atoms with E-state index in [2.05, 4.69) is 0 Å². The van der Waals surface area contributed by atoms with E-state index < -0.39 is 65.3 Å². The fourth-order valence-corrected chi connectivity index (χ4v) is 25.1. The van der Waals surface area contributed by atoms with Crippen LogP contribution in [-0.2, 0) is 21.2 Å². The lowest BCUT2D eigenvalue weighted by molar-refractivity contribution is -0.289. The lowest BCUT2D eigenvalue weighted by atomic mass is 10.1. The van der Waals surface area contributed by atoms with E-state index >= 15 is 0 Å². The van der Waals surface area contributed by atoms with Crippen LogP contribution in [0.25, 0.3) is 0 Å². The van der Waals surface area contributed by atoms with Crippen LogP contribution < -0.4 is 0 Å². The predicted octanol–water partition coefficient (Wildman–Crippen LogP) is 5.52. The molecule has 1 unspecified atom stereocenters. The van der Waals surface area contributed by atoms with Crippen LogP contribution in [0.4, 0.5) is 30.7 Å². The quantitative estimate of drug-likeness (QED) is 0.221. The van der Waals surface area contributed by atoms with Crippen LogP contribution >= 0.6 is 0 Å². The monoisotopic (exact) mass is 536 g/mol. The minimum atomic E-state index is -5.79. The second kappa shape index (κ2) is 9.81. The van der Waals surface area contributed by atoms with Gasteiger partial charge in [0.25, 0.3) is 0 Å². The van der Waals surface area contributed by atoms with E-state index in [0.717, 1.165) is 0 Å². The molecule has 0 radical (unpaired) electrons. The molecule has 0 N–H and O–H groups in total. The molecule has 1 rings (SSSR count). The molecule has 0 aliphatic carbocycles. The average molecular weight is 537 g/mol. The largest absolute Gasteiger partial charge is 0.416 e. The summed E-state index contributed by atoms with van der Waals surface area (Å²) in [6.07, 6.45) is -8.08. The Balaban J connectivity index is 2.66. The maximum Gasteiger partial charge on any atom is 0.372 e. The Hall–Kier alpha value is 0.178. The lowest BCUT2D eigenvalue weighted by Gasteiger charge is -2.47. The smallest absolute Gasteiger partial charge is 0.372 e. The summed E-state index contributed by atoms with van der Waals surface area (Å²) in [5.74, 6) is -11.3. The van der Waals surface area contributed by atoms with E-state index in [1.165, 1.54) is 0 Å². The number of alkyl halides is 7. The summed E-state index contributed by atoms with van der Waals surface area (Å²) >= 11 is 0. The summed E-state index contributed by atoms with van der Waals surface area (Å²) in [4.78, 5) is 0. The first-order valence-electron chi connectivity index (χ1n) is 9.71. The van der Waals surface area contributed by atoms with Crippen LogP contribution in [0.1, 0.15) is 6.42 Å². The fourth-order valence-electron chi connectivity index (χ4n) is 3.55. The van der Waals surface area contributed by atoms with Gasteiger partial charge in [-0.05, 0) is 58.3 Å². The van der Waals surface area contributed by atoms with Crippen molar-refractivity contribution in [1.82, 2.24) is 0 Å². The highest BCUT2D eigenvalue weighted by Crippen LogP contribution is 2.42. The van der Waals surface area contributed by atoms with Crippen LogP contribution in [0.2, 0.25) is 51.9 Å². The van der Waals surface area contributed by atoms with Crippen molar-refractivity contribution >= 4 is 34.2 Å². The molecule has 1 saturated heterocycles. The first kappa shape index (κ1) is 29.2. The molecule has 0 saturated carbocycles. The van der Waals surface area contributed by atoms with Crippen LogP contribution in [0.3, 0.4) is 0 Å². The van der Waals surface area contributed by atoms with Gasteiger partial charge in [-0.2, -0.15) is 17.6 Å². The van der Waals surface area contributed by atoms with Crippen molar-refractivity contribution in [2.75, 3.05) is 13.2 Å². The van der Waals surface area contributed by atoms with Crippen molar-refractivity contribution in [2.24, 2.45) is 0 Å². The summed E-state index contributed by atoms with van der Waals surface area (Å²) in [5.41, 5.74) is 0. The molecular weight excluding hydrogens is 505 g/mol. The van der Waals surface area contributed by atoms with Crippen LogP contribution in [-0.4, -0.2) is 71.9 Å². The molecule has 0 aromatic carbocycles. The van der Waals surface area contributed by atoms with Crippen molar-refractivity contribution in [1.29, 1.82) is 0 Å². The third-order valence-corrected chi connectivity index (χ3v) is 20.7. The van der Waals surface area contributed by atoms with Gasteiger partial charge in [0.1, 0.15) is 0 Å². The number of rotatable bonds is 9. The zero-order chi connectivity index (χ0) is 24.5. The highest BCUT2D eigenvalue weighted by Gasteiger charge is 2.67. The van der Waals surface area contributed by atoms with E-state index in [1.54, 1.807) is 6.55 Å². The maximum atomic E-state index is 13.5. The Bertz CT molecular complexity index is 588. The third-order valence-electron chi connectivity index (χ3n) is 4.20. The number of hydrogen-bond donors (Lipinski definition) is 0. The zero-order valence-corrected chi connectivity index (χ0v) is 22.7. The molecule has 1 fully saturated rings. The van der Waals surface area contributed by atoms with E-state index in [-0.39, 0.29) is 13.0 Å². The van der Waals surface area contributed by atoms with Crippen molar-refractivity contribution in [3.05, 3.63) is 0 Å². The lowest BCUT2D eigenvalue weighted by Crippen LogP contribution is -2.65. The number of halogens is 7. The van der Waals surface area contributed by atoms with Gasteiger partial charge in [-0.15, -0.1) is 0 Å². The zero-order valence-electron chi connectivity index (χ0n) is 18.7. The third kappa shape index (κ3) is 8.16. The van der Waals surface area contributed by atoms with Crippen LogP contribution in [0.5, 0.6) is 0 Å². The first-order valence-corrected chi connectivity index (χ1v) is 20.7. The molecule has 186 valence electrons.